The molecule has 2 atom stereocenters. The molecule has 2 saturated heterocycles. The third-order valence-electron chi connectivity index (χ3n) is 7.09. The average Bonchev–Trinajstić information content (AvgIpc) is 3.02. The standard InChI is InChI=1S/C24H33N3O3/c28-22(12-15-27-23(29)20-10-4-5-11-21(20)24(27)30)25-16-18-8-2-3-9-19(18)17-26-13-6-1-7-14-26/h2-3,8-9,20-21H,1,4-7,10-17H2,(H,25,28)/p+1/t20-,21+. The first kappa shape index (κ1) is 21.0. The first-order valence-electron chi connectivity index (χ1n) is 11.7. The van der Waals surface area contributed by atoms with Crippen molar-refractivity contribution in [3.63, 3.8) is 0 Å². The van der Waals surface area contributed by atoms with Gasteiger partial charge in [-0.15, -0.1) is 0 Å². The Morgan fingerprint density at radius 3 is 2.23 bits per heavy atom. The molecule has 0 bridgehead atoms. The van der Waals surface area contributed by atoms with Crippen LogP contribution >= 0.6 is 0 Å². The number of carbonyl (C=O) groups is 3. The van der Waals surface area contributed by atoms with E-state index in [9.17, 15) is 14.4 Å². The number of rotatable bonds is 7. The Hall–Kier alpha value is -2.21. The molecule has 4 rings (SSSR count). The lowest BCUT2D eigenvalue weighted by Crippen LogP contribution is -3.11. The third kappa shape index (κ3) is 4.75. The highest BCUT2D eigenvalue weighted by Crippen LogP contribution is 2.37. The van der Waals surface area contributed by atoms with Crippen LogP contribution in [0.5, 0.6) is 0 Å². The summed E-state index contributed by atoms with van der Waals surface area (Å²) in [4.78, 5) is 40.5. The van der Waals surface area contributed by atoms with Gasteiger partial charge in [0.05, 0.1) is 24.9 Å². The highest BCUT2D eigenvalue weighted by atomic mass is 16.2. The molecular formula is C24H34N3O3+. The van der Waals surface area contributed by atoms with Gasteiger partial charge in [0.1, 0.15) is 6.54 Å². The number of hydrogen-bond acceptors (Lipinski definition) is 3. The molecule has 3 fully saturated rings. The Balaban J connectivity index is 1.27. The number of hydrogen-bond donors (Lipinski definition) is 2. The van der Waals surface area contributed by atoms with E-state index >= 15 is 0 Å². The maximum absolute atomic E-state index is 12.5. The maximum atomic E-state index is 12.5. The number of likely N-dealkylation sites (tertiary alicyclic amines) is 2. The molecule has 0 unspecified atom stereocenters. The van der Waals surface area contributed by atoms with Crippen molar-refractivity contribution in [2.24, 2.45) is 11.8 Å². The lowest BCUT2D eigenvalue weighted by Gasteiger charge is -2.24. The van der Waals surface area contributed by atoms with E-state index in [0.717, 1.165) is 37.8 Å². The van der Waals surface area contributed by atoms with Gasteiger partial charge in [-0.3, -0.25) is 19.3 Å². The molecule has 0 spiro atoms. The van der Waals surface area contributed by atoms with Crippen LogP contribution in [0, 0.1) is 11.8 Å². The lowest BCUT2D eigenvalue weighted by molar-refractivity contribution is -0.918. The quantitative estimate of drug-likeness (QED) is 0.666. The Morgan fingerprint density at radius 1 is 0.933 bits per heavy atom. The molecule has 1 aliphatic carbocycles. The summed E-state index contributed by atoms with van der Waals surface area (Å²) in [5.41, 5.74) is 2.45. The fourth-order valence-corrected chi connectivity index (χ4v) is 5.35. The summed E-state index contributed by atoms with van der Waals surface area (Å²) in [6.07, 6.45) is 7.77. The Bertz CT molecular complexity index is 764. The van der Waals surface area contributed by atoms with E-state index in [-0.39, 0.29) is 42.5 Å². The molecule has 1 saturated carbocycles. The maximum Gasteiger partial charge on any atom is 0.233 e. The van der Waals surface area contributed by atoms with Gasteiger partial charge in [-0.05, 0) is 37.7 Å². The summed E-state index contributed by atoms with van der Waals surface area (Å²) in [5, 5.41) is 3.00. The average molecular weight is 413 g/mol. The van der Waals surface area contributed by atoms with Crippen LogP contribution in [0.2, 0.25) is 0 Å². The van der Waals surface area contributed by atoms with Gasteiger partial charge < -0.3 is 10.2 Å². The predicted molar refractivity (Wildman–Crippen MR) is 113 cm³/mol. The number of piperidine rings is 1. The zero-order valence-electron chi connectivity index (χ0n) is 17.8. The number of quaternary nitrogens is 1. The number of imide groups is 1. The molecule has 6 nitrogen and oxygen atoms in total. The van der Waals surface area contributed by atoms with Crippen molar-refractivity contribution in [2.45, 2.75) is 64.5 Å². The molecule has 1 aromatic carbocycles. The molecule has 30 heavy (non-hydrogen) atoms. The molecule has 2 heterocycles. The monoisotopic (exact) mass is 412 g/mol. The normalized spacial score (nSPS) is 24.7. The van der Waals surface area contributed by atoms with Crippen molar-refractivity contribution < 1.29 is 19.3 Å². The third-order valence-corrected chi connectivity index (χ3v) is 7.09. The topological polar surface area (TPSA) is 70.9 Å². The SMILES string of the molecule is O=C(CCN1C(=O)[C@H]2CCCC[C@H]2C1=O)NCc1ccccc1C[NH+]1CCCCC1. The van der Waals surface area contributed by atoms with Crippen molar-refractivity contribution >= 4 is 17.7 Å². The number of nitrogens with zero attached hydrogens (tertiary/aromatic N) is 1. The summed E-state index contributed by atoms with van der Waals surface area (Å²) in [6, 6.07) is 8.32. The van der Waals surface area contributed by atoms with Crippen molar-refractivity contribution in [2.75, 3.05) is 19.6 Å². The highest BCUT2D eigenvalue weighted by molar-refractivity contribution is 6.05. The van der Waals surface area contributed by atoms with Crippen LogP contribution < -0.4 is 10.2 Å². The molecular weight excluding hydrogens is 378 g/mol. The first-order chi connectivity index (χ1) is 14.6. The smallest absolute Gasteiger partial charge is 0.233 e. The van der Waals surface area contributed by atoms with Gasteiger partial charge in [0.25, 0.3) is 0 Å². The van der Waals surface area contributed by atoms with E-state index in [1.54, 1.807) is 4.90 Å². The van der Waals surface area contributed by atoms with E-state index in [1.165, 1.54) is 42.8 Å². The van der Waals surface area contributed by atoms with Crippen LogP contribution in [0.1, 0.15) is 62.5 Å². The summed E-state index contributed by atoms with van der Waals surface area (Å²) in [6.45, 7) is 4.15. The van der Waals surface area contributed by atoms with Gasteiger partial charge in [0.15, 0.2) is 0 Å². The van der Waals surface area contributed by atoms with Crippen LogP contribution in [0.25, 0.3) is 0 Å². The van der Waals surface area contributed by atoms with Crippen molar-refractivity contribution in [3.05, 3.63) is 35.4 Å². The van der Waals surface area contributed by atoms with Crippen LogP contribution in [0.15, 0.2) is 24.3 Å². The largest absolute Gasteiger partial charge is 0.352 e. The molecule has 0 radical (unpaired) electrons. The molecule has 3 aliphatic rings. The minimum Gasteiger partial charge on any atom is -0.352 e. The number of fused-ring (bicyclic) bond motifs is 1. The fourth-order valence-electron chi connectivity index (χ4n) is 5.35. The first-order valence-corrected chi connectivity index (χ1v) is 11.7. The minimum absolute atomic E-state index is 0.0626. The van der Waals surface area contributed by atoms with Gasteiger partial charge in [-0.1, -0.05) is 37.1 Å². The molecule has 0 aromatic heterocycles. The van der Waals surface area contributed by atoms with Gasteiger partial charge in [0.2, 0.25) is 17.7 Å². The number of nitrogens with one attached hydrogen (secondary N) is 2. The molecule has 6 heteroatoms. The Kier molecular flexibility index (Phi) is 6.82. The van der Waals surface area contributed by atoms with Gasteiger partial charge in [0, 0.05) is 25.1 Å². The highest BCUT2D eigenvalue weighted by Gasteiger charge is 2.47. The summed E-state index contributed by atoms with van der Waals surface area (Å²) >= 11 is 0. The lowest BCUT2D eigenvalue weighted by atomic mass is 9.81. The Labute approximate surface area is 179 Å². The molecule has 2 aliphatic heterocycles. The Morgan fingerprint density at radius 2 is 1.57 bits per heavy atom. The van der Waals surface area contributed by atoms with Crippen LogP contribution in [0.3, 0.4) is 0 Å². The zero-order chi connectivity index (χ0) is 20.9. The number of carbonyl (C=O) groups excluding carboxylic acids is 3. The minimum atomic E-state index is -0.140. The van der Waals surface area contributed by atoms with E-state index in [1.807, 2.05) is 6.07 Å². The van der Waals surface area contributed by atoms with Crippen molar-refractivity contribution in [1.82, 2.24) is 10.2 Å². The summed E-state index contributed by atoms with van der Waals surface area (Å²) < 4.78 is 0. The second-order valence-electron chi connectivity index (χ2n) is 9.11. The summed E-state index contributed by atoms with van der Waals surface area (Å²) in [7, 11) is 0. The molecule has 1 aromatic rings. The van der Waals surface area contributed by atoms with Crippen LogP contribution in [0.4, 0.5) is 0 Å². The fraction of sp³-hybridized carbons (Fsp3) is 0.625. The van der Waals surface area contributed by atoms with Crippen LogP contribution in [-0.4, -0.2) is 42.3 Å². The van der Waals surface area contributed by atoms with Crippen molar-refractivity contribution in [1.29, 1.82) is 0 Å². The zero-order valence-corrected chi connectivity index (χ0v) is 17.8. The second-order valence-corrected chi connectivity index (χ2v) is 9.11. The van der Waals surface area contributed by atoms with Crippen LogP contribution in [-0.2, 0) is 27.5 Å². The van der Waals surface area contributed by atoms with E-state index in [2.05, 4.69) is 23.5 Å². The van der Waals surface area contributed by atoms with E-state index in [4.69, 9.17) is 0 Å². The van der Waals surface area contributed by atoms with Gasteiger partial charge >= 0.3 is 0 Å². The van der Waals surface area contributed by atoms with E-state index in [0.29, 0.717) is 6.54 Å². The van der Waals surface area contributed by atoms with Gasteiger partial charge in [-0.25, -0.2) is 0 Å². The van der Waals surface area contributed by atoms with Crippen molar-refractivity contribution in [3.8, 4) is 0 Å². The predicted octanol–water partition coefficient (Wildman–Crippen LogP) is 1.44. The summed E-state index contributed by atoms with van der Waals surface area (Å²) in [5.74, 6) is -0.512. The molecule has 162 valence electrons. The second kappa shape index (κ2) is 9.73. The number of amides is 3. The van der Waals surface area contributed by atoms with Gasteiger partial charge in [-0.2, -0.15) is 0 Å². The molecule has 2 N–H and O–H groups in total. The van der Waals surface area contributed by atoms with E-state index < -0.39 is 0 Å². The number of benzene rings is 1. The molecule has 3 amide bonds.